The Labute approximate surface area is 81.4 Å². The summed E-state index contributed by atoms with van der Waals surface area (Å²) in [6, 6.07) is 0. The second-order valence-electron chi connectivity index (χ2n) is 3.40. The molecule has 1 unspecified atom stereocenters. The molecule has 0 fully saturated rings. The van der Waals surface area contributed by atoms with Gasteiger partial charge in [0.2, 0.25) is 0 Å². The van der Waals surface area contributed by atoms with Crippen LogP contribution in [0.2, 0.25) is 0 Å². The van der Waals surface area contributed by atoms with Crippen molar-refractivity contribution < 1.29 is 9.90 Å². The minimum Gasteiger partial charge on any atom is -0.476 e. The van der Waals surface area contributed by atoms with Crippen LogP contribution in [0.1, 0.15) is 42.1 Å². The highest BCUT2D eigenvalue weighted by molar-refractivity contribution is 7.10. The largest absolute Gasteiger partial charge is 0.476 e. The molecule has 0 saturated carbocycles. The Kier molecular flexibility index (Phi) is 3.03. The molecule has 0 saturated heterocycles. The molecule has 0 aromatic carbocycles. The van der Waals surface area contributed by atoms with Crippen LogP contribution in [-0.4, -0.2) is 16.1 Å². The van der Waals surface area contributed by atoms with Crippen molar-refractivity contribution in [3.63, 3.8) is 0 Å². The van der Waals surface area contributed by atoms with E-state index >= 15 is 0 Å². The van der Waals surface area contributed by atoms with Crippen LogP contribution in [0.3, 0.4) is 0 Å². The highest BCUT2D eigenvalue weighted by Gasteiger charge is 2.20. The summed E-state index contributed by atoms with van der Waals surface area (Å²) in [5, 5.41) is 8.83. The molecule has 4 heteroatoms. The summed E-state index contributed by atoms with van der Waals surface area (Å²) in [7, 11) is 0. The third-order valence-electron chi connectivity index (χ3n) is 2.21. The number of rotatable bonds is 3. The lowest BCUT2D eigenvalue weighted by Gasteiger charge is -2.13. The van der Waals surface area contributed by atoms with Crippen LogP contribution in [0, 0.1) is 5.92 Å². The molecule has 0 aliphatic carbocycles. The van der Waals surface area contributed by atoms with Gasteiger partial charge in [0.05, 0.1) is 5.51 Å². The average Bonchev–Trinajstić information content (AvgIpc) is 2.50. The molecule has 0 radical (unpaired) electrons. The molecular weight excluding hydrogens is 186 g/mol. The number of hydrogen-bond donors (Lipinski definition) is 1. The highest BCUT2D eigenvalue weighted by atomic mass is 32.1. The van der Waals surface area contributed by atoms with Crippen LogP contribution in [0.5, 0.6) is 0 Å². The van der Waals surface area contributed by atoms with Gasteiger partial charge in [0, 0.05) is 4.88 Å². The van der Waals surface area contributed by atoms with Crippen LogP contribution in [0.15, 0.2) is 5.51 Å². The summed E-state index contributed by atoms with van der Waals surface area (Å²) in [6.45, 7) is 6.19. The van der Waals surface area contributed by atoms with Crippen LogP contribution >= 0.6 is 11.3 Å². The van der Waals surface area contributed by atoms with E-state index in [1.54, 1.807) is 5.51 Å². The van der Waals surface area contributed by atoms with E-state index in [4.69, 9.17) is 5.11 Å². The lowest BCUT2D eigenvalue weighted by atomic mass is 9.95. The van der Waals surface area contributed by atoms with E-state index in [1.807, 2.05) is 6.92 Å². The van der Waals surface area contributed by atoms with E-state index in [2.05, 4.69) is 18.8 Å². The van der Waals surface area contributed by atoms with Crippen molar-refractivity contribution in [3.8, 4) is 0 Å². The van der Waals surface area contributed by atoms with Gasteiger partial charge in [-0.15, -0.1) is 11.3 Å². The monoisotopic (exact) mass is 199 g/mol. The molecule has 0 aliphatic rings. The molecule has 1 N–H and O–H groups in total. The fourth-order valence-electron chi connectivity index (χ4n) is 1.04. The Bertz CT molecular complexity index is 306. The summed E-state index contributed by atoms with van der Waals surface area (Å²) < 4.78 is 0. The summed E-state index contributed by atoms with van der Waals surface area (Å²) in [4.78, 5) is 15.5. The van der Waals surface area contributed by atoms with Gasteiger partial charge in [0.25, 0.3) is 0 Å². The van der Waals surface area contributed by atoms with Gasteiger partial charge < -0.3 is 5.11 Å². The van der Waals surface area contributed by atoms with Gasteiger partial charge in [0.15, 0.2) is 5.69 Å². The summed E-state index contributed by atoms with van der Waals surface area (Å²) in [5.74, 6) is -0.221. The summed E-state index contributed by atoms with van der Waals surface area (Å²) in [5.41, 5.74) is 1.81. The summed E-state index contributed by atoms with van der Waals surface area (Å²) >= 11 is 1.42. The zero-order chi connectivity index (χ0) is 10.0. The van der Waals surface area contributed by atoms with Crippen molar-refractivity contribution in [3.05, 3.63) is 16.1 Å². The fraction of sp³-hybridized carbons (Fsp3) is 0.556. The molecule has 0 amide bonds. The maximum absolute atomic E-state index is 10.8. The molecule has 0 bridgehead atoms. The number of carbonyl (C=O) groups is 1. The standard InChI is InChI=1S/C9H13NO2S/c1-5(2)6(3)8-7(9(11)12)10-4-13-8/h4-6H,1-3H3,(H,11,12). The number of carboxylic acid groups (broad SMARTS) is 1. The molecule has 72 valence electrons. The molecule has 3 nitrogen and oxygen atoms in total. The number of aromatic carboxylic acids is 1. The maximum atomic E-state index is 10.8. The molecule has 1 aromatic rings. The van der Waals surface area contributed by atoms with E-state index in [0.717, 1.165) is 4.88 Å². The van der Waals surface area contributed by atoms with E-state index in [9.17, 15) is 4.79 Å². The van der Waals surface area contributed by atoms with Crippen molar-refractivity contribution in [1.29, 1.82) is 0 Å². The Hall–Kier alpha value is -0.900. The predicted octanol–water partition coefficient (Wildman–Crippen LogP) is 2.60. The second kappa shape index (κ2) is 3.87. The SMILES string of the molecule is CC(C)C(C)c1scnc1C(=O)O. The van der Waals surface area contributed by atoms with Gasteiger partial charge in [-0.2, -0.15) is 0 Å². The van der Waals surface area contributed by atoms with Gasteiger partial charge in [-0.3, -0.25) is 0 Å². The van der Waals surface area contributed by atoms with Crippen molar-refractivity contribution in [2.24, 2.45) is 5.92 Å². The van der Waals surface area contributed by atoms with Crippen molar-refractivity contribution in [2.45, 2.75) is 26.7 Å². The lowest BCUT2D eigenvalue weighted by molar-refractivity contribution is 0.0689. The number of thiazole rings is 1. The quantitative estimate of drug-likeness (QED) is 0.814. The molecule has 1 heterocycles. The molecule has 0 spiro atoms. The van der Waals surface area contributed by atoms with E-state index < -0.39 is 5.97 Å². The van der Waals surface area contributed by atoms with E-state index in [-0.39, 0.29) is 11.6 Å². The first-order chi connectivity index (χ1) is 6.04. The van der Waals surface area contributed by atoms with Gasteiger partial charge in [-0.1, -0.05) is 20.8 Å². The second-order valence-corrected chi connectivity index (χ2v) is 4.29. The maximum Gasteiger partial charge on any atom is 0.355 e. The van der Waals surface area contributed by atoms with Crippen molar-refractivity contribution >= 4 is 17.3 Å². The zero-order valence-corrected chi connectivity index (χ0v) is 8.76. The van der Waals surface area contributed by atoms with E-state index in [0.29, 0.717) is 5.92 Å². The number of carboxylic acids is 1. The van der Waals surface area contributed by atoms with Crippen molar-refractivity contribution in [1.82, 2.24) is 4.98 Å². The van der Waals surface area contributed by atoms with Crippen LogP contribution in [0.4, 0.5) is 0 Å². The topological polar surface area (TPSA) is 50.2 Å². The first-order valence-electron chi connectivity index (χ1n) is 4.20. The number of aromatic nitrogens is 1. The van der Waals surface area contributed by atoms with E-state index in [1.165, 1.54) is 11.3 Å². The lowest BCUT2D eigenvalue weighted by Crippen LogP contribution is -2.07. The Morgan fingerprint density at radius 3 is 2.62 bits per heavy atom. The average molecular weight is 199 g/mol. The molecule has 0 aliphatic heterocycles. The van der Waals surface area contributed by atoms with Gasteiger partial charge in [-0.25, -0.2) is 9.78 Å². The molecule has 1 aromatic heterocycles. The predicted molar refractivity (Wildman–Crippen MR) is 52.3 cm³/mol. The minimum atomic E-state index is -0.927. The first-order valence-corrected chi connectivity index (χ1v) is 5.08. The van der Waals surface area contributed by atoms with Crippen LogP contribution in [0.25, 0.3) is 0 Å². The highest BCUT2D eigenvalue weighted by Crippen LogP contribution is 2.29. The molecule has 1 atom stereocenters. The van der Waals surface area contributed by atoms with Gasteiger partial charge in [0.1, 0.15) is 0 Å². The zero-order valence-electron chi connectivity index (χ0n) is 7.94. The third kappa shape index (κ3) is 2.06. The third-order valence-corrected chi connectivity index (χ3v) is 3.24. The number of hydrogen-bond acceptors (Lipinski definition) is 3. The van der Waals surface area contributed by atoms with Crippen LogP contribution in [-0.2, 0) is 0 Å². The fourth-order valence-corrected chi connectivity index (χ4v) is 2.05. The van der Waals surface area contributed by atoms with Crippen molar-refractivity contribution in [2.75, 3.05) is 0 Å². The smallest absolute Gasteiger partial charge is 0.355 e. The van der Waals surface area contributed by atoms with Crippen LogP contribution < -0.4 is 0 Å². The Balaban J connectivity index is 3.00. The molecular formula is C9H13NO2S. The minimum absolute atomic E-state index is 0.214. The Morgan fingerprint density at radius 1 is 1.54 bits per heavy atom. The van der Waals surface area contributed by atoms with Gasteiger partial charge >= 0.3 is 5.97 Å². The first kappa shape index (κ1) is 10.2. The normalized spacial score (nSPS) is 13.2. The number of nitrogens with zero attached hydrogens (tertiary/aromatic N) is 1. The molecule has 1 rings (SSSR count). The summed E-state index contributed by atoms with van der Waals surface area (Å²) in [6.07, 6.45) is 0. The van der Waals surface area contributed by atoms with Gasteiger partial charge in [-0.05, 0) is 11.8 Å². The Morgan fingerprint density at radius 2 is 2.15 bits per heavy atom. The molecule has 13 heavy (non-hydrogen) atoms.